The van der Waals surface area contributed by atoms with Gasteiger partial charge >= 0.3 is 0 Å². The van der Waals surface area contributed by atoms with E-state index in [1.165, 1.54) is 11.3 Å². The molecule has 3 rings (SSSR count). The Morgan fingerprint density at radius 3 is 2.58 bits per heavy atom. The van der Waals surface area contributed by atoms with Crippen LogP contribution in [0.5, 0.6) is 11.5 Å². The molecule has 0 spiro atoms. The maximum absolute atomic E-state index is 12.7. The van der Waals surface area contributed by atoms with Crippen LogP contribution in [-0.2, 0) is 0 Å². The fraction of sp³-hybridized carbons (Fsp3) is 0.368. The second-order valence-corrected chi connectivity index (χ2v) is 7.97. The predicted molar refractivity (Wildman–Crippen MR) is 102 cm³/mol. The number of hydrogen-bond acceptors (Lipinski definition) is 5. The third kappa shape index (κ3) is 3.83. The second-order valence-electron chi connectivity index (χ2n) is 7.09. The second kappa shape index (κ2) is 6.99. The Hall–Kier alpha value is -2.54. The van der Waals surface area contributed by atoms with Crippen LogP contribution in [0.2, 0.25) is 0 Å². The quantitative estimate of drug-likeness (QED) is 0.860. The van der Waals surface area contributed by atoms with E-state index in [2.05, 4.69) is 10.6 Å². The van der Waals surface area contributed by atoms with Gasteiger partial charge in [-0.25, -0.2) is 0 Å². The molecular formula is C19H22N2O4S. The molecule has 0 radical (unpaired) electrons. The summed E-state index contributed by atoms with van der Waals surface area (Å²) in [5, 5.41) is 7.58. The summed E-state index contributed by atoms with van der Waals surface area (Å²) in [6.45, 7) is 8.49. The van der Waals surface area contributed by atoms with Gasteiger partial charge in [-0.05, 0) is 45.4 Å². The molecule has 1 aliphatic heterocycles. The number of carbonyl (C=O) groups excluding carboxylic acids is 2. The average molecular weight is 374 g/mol. The van der Waals surface area contributed by atoms with Crippen LogP contribution in [0, 0.1) is 6.92 Å². The molecule has 2 N–H and O–H groups in total. The third-order valence-corrected chi connectivity index (χ3v) is 4.76. The van der Waals surface area contributed by atoms with E-state index in [1.54, 1.807) is 23.6 Å². The Balaban J connectivity index is 1.82. The highest BCUT2D eigenvalue weighted by Gasteiger charge is 2.24. The van der Waals surface area contributed by atoms with Crippen molar-refractivity contribution >= 4 is 28.8 Å². The normalized spacial score (nSPS) is 13.2. The molecule has 0 fully saturated rings. The SMILES string of the molecule is Cc1c(NC(=O)c2scc3c2OCCO3)cccc1C(=O)NC(C)(C)C. The molecular weight excluding hydrogens is 352 g/mol. The van der Waals surface area contributed by atoms with Crippen molar-refractivity contribution in [3.63, 3.8) is 0 Å². The van der Waals surface area contributed by atoms with Gasteiger partial charge in [0.25, 0.3) is 11.8 Å². The van der Waals surface area contributed by atoms with Crippen LogP contribution in [0.15, 0.2) is 23.6 Å². The summed E-state index contributed by atoms with van der Waals surface area (Å²) in [5.74, 6) is 0.633. The first-order valence-electron chi connectivity index (χ1n) is 8.37. The van der Waals surface area contributed by atoms with Crippen molar-refractivity contribution in [2.24, 2.45) is 0 Å². The van der Waals surface area contributed by atoms with Gasteiger partial charge in [0.15, 0.2) is 11.5 Å². The lowest BCUT2D eigenvalue weighted by Crippen LogP contribution is -2.40. The number of fused-ring (bicyclic) bond motifs is 1. The molecule has 2 amide bonds. The van der Waals surface area contributed by atoms with E-state index in [4.69, 9.17) is 9.47 Å². The highest BCUT2D eigenvalue weighted by Crippen LogP contribution is 2.39. The minimum atomic E-state index is -0.337. The van der Waals surface area contributed by atoms with Gasteiger partial charge in [-0.2, -0.15) is 0 Å². The number of hydrogen-bond donors (Lipinski definition) is 2. The van der Waals surface area contributed by atoms with E-state index in [9.17, 15) is 9.59 Å². The van der Waals surface area contributed by atoms with Crippen molar-refractivity contribution in [3.05, 3.63) is 39.6 Å². The molecule has 2 heterocycles. The summed E-state index contributed by atoms with van der Waals surface area (Å²) in [6, 6.07) is 5.28. The minimum absolute atomic E-state index is 0.170. The molecule has 0 saturated carbocycles. The standard InChI is InChI=1S/C19H22N2O4S/c1-11-12(17(22)21-19(2,3)4)6-5-7-13(11)20-18(23)16-15-14(10-26-16)24-8-9-25-15/h5-7,10H,8-9H2,1-4H3,(H,20,23)(H,21,22). The fourth-order valence-corrected chi connectivity index (χ4v) is 3.45. The maximum atomic E-state index is 12.7. The Labute approximate surface area is 156 Å². The molecule has 0 saturated heterocycles. The molecule has 7 heteroatoms. The number of rotatable bonds is 3. The number of ether oxygens (including phenoxy) is 2. The number of nitrogens with one attached hydrogen (secondary N) is 2. The summed E-state index contributed by atoms with van der Waals surface area (Å²) in [4.78, 5) is 25.6. The van der Waals surface area contributed by atoms with Crippen molar-refractivity contribution in [1.82, 2.24) is 5.32 Å². The van der Waals surface area contributed by atoms with Crippen molar-refractivity contribution < 1.29 is 19.1 Å². The summed E-state index contributed by atoms with van der Waals surface area (Å²) in [7, 11) is 0. The van der Waals surface area contributed by atoms with Crippen molar-refractivity contribution in [2.75, 3.05) is 18.5 Å². The number of carbonyl (C=O) groups is 2. The van der Waals surface area contributed by atoms with E-state index in [1.807, 2.05) is 27.7 Å². The van der Waals surface area contributed by atoms with E-state index < -0.39 is 0 Å². The van der Waals surface area contributed by atoms with Crippen LogP contribution in [0.1, 0.15) is 46.4 Å². The molecule has 1 aliphatic rings. The Morgan fingerprint density at radius 2 is 1.85 bits per heavy atom. The first kappa shape index (κ1) is 18.3. The molecule has 1 aromatic carbocycles. The van der Waals surface area contributed by atoms with Gasteiger partial charge in [0.1, 0.15) is 18.1 Å². The van der Waals surface area contributed by atoms with Gasteiger partial charge in [-0.3, -0.25) is 9.59 Å². The highest BCUT2D eigenvalue weighted by molar-refractivity contribution is 7.13. The van der Waals surface area contributed by atoms with Gasteiger partial charge in [0.2, 0.25) is 0 Å². The van der Waals surface area contributed by atoms with Crippen LogP contribution >= 0.6 is 11.3 Å². The topological polar surface area (TPSA) is 76.7 Å². The Morgan fingerprint density at radius 1 is 1.12 bits per heavy atom. The van der Waals surface area contributed by atoms with E-state index in [-0.39, 0.29) is 17.4 Å². The predicted octanol–water partition coefficient (Wildman–Crippen LogP) is 3.61. The number of benzene rings is 1. The van der Waals surface area contributed by atoms with Crippen LogP contribution in [0.3, 0.4) is 0 Å². The summed E-state index contributed by atoms with van der Waals surface area (Å²) < 4.78 is 11.0. The van der Waals surface area contributed by atoms with Crippen LogP contribution in [0.4, 0.5) is 5.69 Å². The Kier molecular flexibility index (Phi) is 4.91. The number of anilines is 1. The zero-order valence-corrected chi connectivity index (χ0v) is 16.1. The third-order valence-electron chi connectivity index (χ3n) is 3.82. The zero-order chi connectivity index (χ0) is 18.9. The van der Waals surface area contributed by atoms with Crippen molar-refractivity contribution in [2.45, 2.75) is 33.2 Å². The van der Waals surface area contributed by atoms with Crippen LogP contribution in [0.25, 0.3) is 0 Å². The molecule has 0 atom stereocenters. The van der Waals surface area contributed by atoms with Gasteiger partial charge in [0, 0.05) is 22.2 Å². The first-order valence-corrected chi connectivity index (χ1v) is 9.25. The molecule has 0 unspecified atom stereocenters. The van der Waals surface area contributed by atoms with E-state index in [0.29, 0.717) is 46.4 Å². The molecule has 1 aromatic heterocycles. The molecule has 2 aromatic rings. The monoisotopic (exact) mass is 374 g/mol. The number of thiophene rings is 1. The van der Waals surface area contributed by atoms with E-state index >= 15 is 0 Å². The zero-order valence-electron chi connectivity index (χ0n) is 15.3. The largest absolute Gasteiger partial charge is 0.485 e. The van der Waals surface area contributed by atoms with Gasteiger partial charge in [-0.15, -0.1) is 11.3 Å². The first-order chi connectivity index (χ1) is 12.3. The Bertz CT molecular complexity index is 852. The molecule has 0 bridgehead atoms. The highest BCUT2D eigenvalue weighted by atomic mass is 32.1. The van der Waals surface area contributed by atoms with E-state index in [0.717, 1.165) is 0 Å². The summed E-state index contributed by atoms with van der Waals surface area (Å²) >= 11 is 1.28. The maximum Gasteiger partial charge on any atom is 0.269 e. The van der Waals surface area contributed by atoms with Crippen molar-refractivity contribution in [1.29, 1.82) is 0 Å². The number of amides is 2. The fourth-order valence-electron chi connectivity index (χ4n) is 2.62. The lowest BCUT2D eigenvalue weighted by molar-refractivity contribution is 0.0917. The lowest BCUT2D eigenvalue weighted by Gasteiger charge is -2.21. The minimum Gasteiger partial charge on any atom is -0.485 e. The molecule has 26 heavy (non-hydrogen) atoms. The van der Waals surface area contributed by atoms with Crippen LogP contribution < -0.4 is 20.1 Å². The van der Waals surface area contributed by atoms with Crippen LogP contribution in [-0.4, -0.2) is 30.6 Å². The van der Waals surface area contributed by atoms with Gasteiger partial charge < -0.3 is 20.1 Å². The van der Waals surface area contributed by atoms with Crippen molar-refractivity contribution in [3.8, 4) is 11.5 Å². The summed E-state index contributed by atoms with van der Waals surface area (Å²) in [6.07, 6.45) is 0. The average Bonchev–Trinajstić information content (AvgIpc) is 2.99. The molecule has 0 aliphatic carbocycles. The summed E-state index contributed by atoms with van der Waals surface area (Å²) in [5.41, 5.74) is 1.50. The lowest BCUT2D eigenvalue weighted by atomic mass is 10.0. The smallest absolute Gasteiger partial charge is 0.269 e. The molecule has 6 nitrogen and oxygen atoms in total. The molecule has 138 valence electrons. The van der Waals surface area contributed by atoms with Gasteiger partial charge in [0.05, 0.1) is 0 Å². The van der Waals surface area contributed by atoms with Gasteiger partial charge in [-0.1, -0.05) is 6.07 Å².